The van der Waals surface area contributed by atoms with Crippen LogP contribution in [0.4, 0.5) is 5.69 Å². The molecule has 4 rings (SSSR count). The standard InChI is InChI=1S/C30H36N4O4S/c1-6-24-14-12-13-22(2)30(24)34(23(3)21-38-5)29(35)20-33-27-18-11-10-17-26(27)31-28(33)19-32(4)39(36,37)25-15-8-7-9-16-25/h7-18,23H,6,19-21H2,1-5H3. The molecule has 0 fully saturated rings. The molecule has 39 heavy (non-hydrogen) atoms. The van der Waals surface area contributed by atoms with Crippen molar-refractivity contribution < 1.29 is 17.9 Å². The Balaban J connectivity index is 1.74. The van der Waals surface area contributed by atoms with Gasteiger partial charge in [-0.15, -0.1) is 0 Å². The molecule has 3 aromatic carbocycles. The van der Waals surface area contributed by atoms with E-state index < -0.39 is 10.0 Å². The van der Waals surface area contributed by atoms with Crippen molar-refractivity contribution in [1.82, 2.24) is 13.9 Å². The molecule has 9 heteroatoms. The highest BCUT2D eigenvalue weighted by molar-refractivity contribution is 7.89. The highest BCUT2D eigenvalue weighted by atomic mass is 32.2. The Labute approximate surface area is 230 Å². The molecule has 206 valence electrons. The third kappa shape index (κ3) is 5.90. The van der Waals surface area contributed by atoms with Crippen LogP contribution in [0.25, 0.3) is 11.0 Å². The molecule has 0 bridgehead atoms. The molecule has 4 aromatic rings. The largest absolute Gasteiger partial charge is 0.383 e. The molecule has 8 nitrogen and oxygen atoms in total. The minimum Gasteiger partial charge on any atom is -0.383 e. The first-order valence-corrected chi connectivity index (χ1v) is 14.5. The quantitative estimate of drug-likeness (QED) is 0.269. The molecule has 0 aliphatic rings. The lowest BCUT2D eigenvalue weighted by molar-refractivity contribution is -0.119. The van der Waals surface area contributed by atoms with Gasteiger partial charge >= 0.3 is 0 Å². The van der Waals surface area contributed by atoms with E-state index in [1.807, 2.05) is 65.8 Å². The van der Waals surface area contributed by atoms with Crippen LogP contribution in [0.5, 0.6) is 0 Å². The van der Waals surface area contributed by atoms with Crippen molar-refractivity contribution in [1.29, 1.82) is 0 Å². The molecular formula is C30H36N4O4S. The molecule has 0 aliphatic heterocycles. The number of carbonyl (C=O) groups is 1. The fourth-order valence-corrected chi connectivity index (χ4v) is 6.09. The number of amides is 1. The number of ether oxygens (including phenoxy) is 1. The zero-order valence-electron chi connectivity index (χ0n) is 23.2. The number of sulfonamides is 1. The lowest BCUT2D eigenvalue weighted by Gasteiger charge is -2.32. The second-order valence-corrected chi connectivity index (χ2v) is 11.7. The summed E-state index contributed by atoms with van der Waals surface area (Å²) in [7, 11) is -0.590. The van der Waals surface area contributed by atoms with E-state index in [9.17, 15) is 13.2 Å². The van der Waals surface area contributed by atoms with Crippen LogP contribution in [0.15, 0.2) is 77.7 Å². The zero-order chi connectivity index (χ0) is 28.2. The predicted octanol–water partition coefficient (Wildman–Crippen LogP) is 4.80. The Morgan fingerprint density at radius 2 is 1.72 bits per heavy atom. The number of para-hydroxylation sites is 3. The molecule has 0 saturated carbocycles. The van der Waals surface area contributed by atoms with Crippen LogP contribution in [-0.4, -0.2) is 55.0 Å². The van der Waals surface area contributed by atoms with Gasteiger partial charge in [0.2, 0.25) is 15.9 Å². The maximum atomic E-state index is 14.1. The number of aromatic nitrogens is 2. The Bertz CT molecular complexity index is 1550. The summed E-state index contributed by atoms with van der Waals surface area (Å²) in [6, 6.07) is 21.7. The molecule has 1 aromatic heterocycles. The molecule has 0 radical (unpaired) electrons. The van der Waals surface area contributed by atoms with Crippen molar-refractivity contribution in [2.45, 2.75) is 51.2 Å². The number of benzene rings is 3. The minimum atomic E-state index is -3.75. The minimum absolute atomic E-state index is 0.000609. The van der Waals surface area contributed by atoms with Gasteiger partial charge in [0.05, 0.1) is 40.8 Å². The topological polar surface area (TPSA) is 84.7 Å². The van der Waals surface area contributed by atoms with E-state index in [-0.39, 0.29) is 29.9 Å². The monoisotopic (exact) mass is 548 g/mol. The SMILES string of the molecule is CCc1cccc(C)c1N(C(=O)Cn1c(CN(C)S(=O)(=O)c2ccccc2)nc2ccccc21)C(C)COC. The molecule has 0 spiro atoms. The molecule has 1 amide bonds. The van der Waals surface area contributed by atoms with E-state index in [2.05, 4.69) is 6.92 Å². The normalized spacial score (nSPS) is 12.7. The van der Waals surface area contributed by atoms with E-state index >= 15 is 0 Å². The maximum absolute atomic E-state index is 14.1. The highest BCUT2D eigenvalue weighted by Gasteiger charge is 2.28. The number of methoxy groups -OCH3 is 1. The molecule has 1 unspecified atom stereocenters. The summed E-state index contributed by atoms with van der Waals surface area (Å²) in [4.78, 5) is 20.9. The van der Waals surface area contributed by atoms with Crippen LogP contribution in [-0.2, 0) is 39.1 Å². The third-order valence-electron chi connectivity index (χ3n) is 6.90. The van der Waals surface area contributed by atoms with Crippen molar-refractivity contribution >= 4 is 32.7 Å². The van der Waals surface area contributed by atoms with Crippen molar-refractivity contribution in [3.8, 4) is 0 Å². The third-order valence-corrected chi connectivity index (χ3v) is 8.72. The zero-order valence-corrected chi connectivity index (χ0v) is 24.0. The molecule has 0 saturated heterocycles. The van der Waals surface area contributed by atoms with Crippen LogP contribution in [0.3, 0.4) is 0 Å². The Kier molecular flexibility index (Phi) is 8.84. The number of hydrogen-bond donors (Lipinski definition) is 0. The predicted molar refractivity (Wildman–Crippen MR) is 154 cm³/mol. The van der Waals surface area contributed by atoms with Crippen LogP contribution in [0.2, 0.25) is 0 Å². The molecule has 0 aliphatic carbocycles. The van der Waals surface area contributed by atoms with Gasteiger partial charge in [0.25, 0.3) is 0 Å². The molecule has 1 heterocycles. The Morgan fingerprint density at radius 1 is 1.03 bits per heavy atom. The van der Waals surface area contributed by atoms with Gasteiger partial charge in [-0.05, 0) is 55.7 Å². The van der Waals surface area contributed by atoms with Crippen molar-refractivity contribution in [2.24, 2.45) is 0 Å². The number of anilines is 1. The first-order chi connectivity index (χ1) is 18.7. The lowest BCUT2D eigenvalue weighted by Crippen LogP contribution is -2.44. The molecule has 1 atom stereocenters. The van der Waals surface area contributed by atoms with Crippen LogP contribution >= 0.6 is 0 Å². The van der Waals surface area contributed by atoms with Crippen molar-refractivity contribution in [2.75, 3.05) is 25.7 Å². The van der Waals surface area contributed by atoms with E-state index in [1.54, 1.807) is 37.4 Å². The summed E-state index contributed by atoms with van der Waals surface area (Å²) in [6.07, 6.45) is 0.780. The van der Waals surface area contributed by atoms with Crippen molar-refractivity contribution in [3.05, 3.63) is 89.7 Å². The fraction of sp³-hybridized carbons (Fsp3) is 0.333. The summed E-state index contributed by atoms with van der Waals surface area (Å²) >= 11 is 0. The highest BCUT2D eigenvalue weighted by Crippen LogP contribution is 2.29. The number of imidazole rings is 1. The van der Waals surface area contributed by atoms with Gasteiger partial charge in [-0.2, -0.15) is 4.31 Å². The van der Waals surface area contributed by atoms with E-state index in [0.29, 0.717) is 17.9 Å². The summed E-state index contributed by atoms with van der Waals surface area (Å²) in [6.45, 7) is 6.44. The summed E-state index contributed by atoms with van der Waals surface area (Å²) in [5.41, 5.74) is 4.45. The van der Waals surface area contributed by atoms with Gasteiger partial charge in [-0.3, -0.25) is 4.79 Å². The summed E-state index contributed by atoms with van der Waals surface area (Å²) in [5, 5.41) is 0. The van der Waals surface area contributed by atoms with Crippen molar-refractivity contribution in [3.63, 3.8) is 0 Å². The van der Waals surface area contributed by atoms with Gasteiger partial charge < -0.3 is 14.2 Å². The van der Waals surface area contributed by atoms with Crippen LogP contribution in [0, 0.1) is 6.92 Å². The number of hydrogen-bond acceptors (Lipinski definition) is 5. The summed E-state index contributed by atoms with van der Waals surface area (Å²) in [5.74, 6) is 0.368. The maximum Gasteiger partial charge on any atom is 0.247 e. The van der Waals surface area contributed by atoms with Gasteiger partial charge in [0.1, 0.15) is 12.4 Å². The number of carbonyl (C=O) groups excluding carboxylic acids is 1. The smallest absolute Gasteiger partial charge is 0.247 e. The first kappa shape index (κ1) is 28.5. The van der Waals surface area contributed by atoms with Crippen LogP contribution < -0.4 is 4.90 Å². The van der Waals surface area contributed by atoms with E-state index in [4.69, 9.17) is 9.72 Å². The van der Waals surface area contributed by atoms with Gasteiger partial charge in [0.15, 0.2) is 0 Å². The van der Waals surface area contributed by atoms with Crippen LogP contribution in [0.1, 0.15) is 30.8 Å². The lowest BCUT2D eigenvalue weighted by atomic mass is 10.0. The number of nitrogens with zero attached hydrogens (tertiary/aromatic N) is 4. The number of aryl methyl sites for hydroxylation is 2. The van der Waals surface area contributed by atoms with Gasteiger partial charge in [0, 0.05) is 14.2 Å². The average Bonchev–Trinajstić information content (AvgIpc) is 3.26. The summed E-state index contributed by atoms with van der Waals surface area (Å²) < 4.78 is 35.0. The Morgan fingerprint density at radius 3 is 2.41 bits per heavy atom. The second kappa shape index (κ2) is 12.1. The number of rotatable bonds is 11. The second-order valence-electron chi connectivity index (χ2n) is 9.68. The molecule has 0 N–H and O–H groups in total. The van der Waals surface area contributed by atoms with E-state index in [1.165, 1.54) is 11.4 Å². The fourth-order valence-electron chi connectivity index (χ4n) is 4.95. The Hall–Kier alpha value is -3.53. The van der Waals surface area contributed by atoms with Gasteiger partial charge in [-0.25, -0.2) is 13.4 Å². The van der Waals surface area contributed by atoms with E-state index in [0.717, 1.165) is 28.8 Å². The first-order valence-electron chi connectivity index (χ1n) is 13.0. The van der Waals surface area contributed by atoms with Gasteiger partial charge in [-0.1, -0.05) is 55.5 Å². The average molecular weight is 549 g/mol. The number of fused-ring (bicyclic) bond motifs is 1. The molecular weight excluding hydrogens is 512 g/mol.